The molecule has 20 heavy (non-hydrogen) atoms. The Labute approximate surface area is 127 Å². The third-order valence-electron chi connectivity index (χ3n) is 2.73. The van der Waals surface area contributed by atoms with Crippen LogP contribution in [0.15, 0.2) is 36.4 Å². The van der Waals surface area contributed by atoms with E-state index in [9.17, 15) is 4.79 Å². The van der Waals surface area contributed by atoms with Gasteiger partial charge in [0.2, 0.25) is 0 Å². The molecule has 1 unspecified atom stereocenters. The van der Waals surface area contributed by atoms with Crippen molar-refractivity contribution >= 4 is 29.1 Å². The summed E-state index contributed by atoms with van der Waals surface area (Å²) in [6.45, 7) is 1.93. The summed E-state index contributed by atoms with van der Waals surface area (Å²) in [7, 11) is 0. The van der Waals surface area contributed by atoms with Gasteiger partial charge in [0.05, 0.1) is 5.56 Å². The van der Waals surface area contributed by atoms with Gasteiger partial charge in [0.25, 0.3) is 5.91 Å². The number of rotatable bonds is 4. The first-order valence-corrected chi connectivity index (χ1v) is 6.85. The van der Waals surface area contributed by atoms with Gasteiger partial charge < -0.3 is 5.32 Å². The summed E-state index contributed by atoms with van der Waals surface area (Å²) in [5.41, 5.74) is 1.38. The number of halogens is 2. The van der Waals surface area contributed by atoms with E-state index in [0.29, 0.717) is 0 Å². The molecule has 1 aromatic heterocycles. The first kappa shape index (κ1) is 14.8. The maximum absolute atomic E-state index is 12.1. The van der Waals surface area contributed by atoms with E-state index >= 15 is 0 Å². The Balaban J connectivity index is 2.02. The summed E-state index contributed by atoms with van der Waals surface area (Å²) in [5.74, 6) is -0.310. The number of nitrogens with zero attached hydrogens (tertiary/aromatic N) is 2. The van der Waals surface area contributed by atoms with Crippen LogP contribution in [0.4, 0.5) is 0 Å². The van der Waals surface area contributed by atoms with Gasteiger partial charge in [-0.25, -0.2) is 0 Å². The quantitative estimate of drug-likeness (QED) is 0.944. The van der Waals surface area contributed by atoms with Gasteiger partial charge in [-0.2, -0.15) is 0 Å². The third kappa shape index (κ3) is 3.92. The van der Waals surface area contributed by atoms with Crippen LogP contribution in [0.1, 0.15) is 22.8 Å². The van der Waals surface area contributed by atoms with E-state index in [1.807, 2.05) is 37.3 Å². The molecule has 1 atom stereocenters. The fourth-order valence-corrected chi connectivity index (χ4v) is 2.16. The minimum atomic E-state index is -0.310. The fraction of sp³-hybridized carbons (Fsp3) is 0.214. The predicted molar refractivity (Wildman–Crippen MR) is 79.1 cm³/mol. The van der Waals surface area contributed by atoms with Crippen molar-refractivity contribution in [1.82, 2.24) is 15.5 Å². The van der Waals surface area contributed by atoms with Gasteiger partial charge in [0.1, 0.15) is 0 Å². The number of aromatic nitrogens is 2. The number of hydrogen-bond acceptors (Lipinski definition) is 3. The highest BCUT2D eigenvalue weighted by Gasteiger charge is 2.15. The zero-order valence-corrected chi connectivity index (χ0v) is 12.3. The second-order valence-electron chi connectivity index (χ2n) is 4.44. The van der Waals surface area contributed by atoms with Crippen molar-refractivity contribution in [2.75, 3.05) is 0 Å². The average Bonchev–Trinajstić information content (AvgIpc) is 2.42. The molecule has 0 bridgehead atoms. The Morgan fingerprint density at radius 1 is 1.25 bits per heavy atom. The molecular formula is C14H13Cl2N3O. The maximum Gasteiger partial charge on any atom is 0.254 e. The Morgan fingerprint density at radius 2 is 1.95 bits per heavy atom. The average molecular weight is 310 g/mol. The van der Waals surface area contributed by atoms with E-state index in [4.69, 9.17) is 23.2 Å². The van der Waals surface area contributed by atoms with Gasteiger partial charge in [-0.05, 0) is 25.0 Å². The topological polar surface area (TPSA) is 54.9 Å². The van der Waals surface area contributed by atoms with Gasteiger partial charge in [-0.1, -0.05) is 53.5 Å². The normalized spacial score (nSPS) is 11.9. The highest BCUT2D eigenvalue weighted by molar-refractivity contribution is 6.34. The van der Waals surface area contributed by atoms with Crippen LogP contribution in [-0.2, 0) is 6.42 Å². The largest absolute Gasteiger partial charge is 0.349 e. The van der Waals surface area contributed by atoms with Crippen LogP contribution in [0.3, 0.4) is 0 Å². The van der Waals surface area contributed by atoms with Gasteiger partial charge >= 0.3 is 0 Å². The summed E-state index contributed by atoms with van der Waals surface area (Å²) in [5, 5.41) is 10.2. The molecule has 104 valence electrons. The highest BCUT2D eigenvalue weighted by atomic mass is 35.5. The van der Waals surface area contributed by atoms with Crippen molar-refractivity contribution in [1.29, 1.82) is 0 Å². The molecule has 0 aliphatic rings. The fourth-order valence-electron chi connectivity index (χ4n) is 1.83. The molecule has 0 spiro atoms. The van der Waals surface area contributed by atoms with Crippen LogP contribution in [0.2, 0.25) is 10.3 Å². The maximum atomic E-state index is 12.1. The van der Waals surface area contributed by atoms with Gasteiger partial charge in [0, 0.05) is 6.04 Å². The van der Waals surface area contributed by atoms with E-state index in [1.165, 1.54) is 6.07 Å². The zero-order chi connectivity index (χ0) is 14.5. The molecule has 1 aromatic carbocycles. The van der Waals surface area contributed by atoms with E-state index < -0.39 is 0 Å². The number of benzene rings is 1. The number of amides is 1. The molecular weight excluding hydrogens is 297 g/mol. The van der Waals surface area contributed by atoms with Crippen molar-refractivity contribution in [2.45, 2.75) is 19.4 Å². The molecule has 1 N–H and O–H groups in total. The van der Waals surface area contributed by atoms with E-state index in [0.717, 1.165) is 12.0 Å². The Morgan fingerprint density at radius 3 is 2.65 bits per heavy atom. The van der Waals surface area contributed by atoms with Gasteiger partial charge in [-0.15, -0.1) is 10.2 Å². The molecule has 1 heterocycles. The standard InChI is InChI=1S/C14H13Cl2N3O/c1-9(7-10-5-3-2-4-6-10)17-14(20)11-8-12(15)18-19-13(11)16/h2-6,8-9H,7H2,1H3,(H,17,20). The second-order valence-corrected chi connectivity index (χ2v) is 5.18. The van der Waals surface area contributed by atoms with E-state index in [2.05, 4.69) is 15.5 Å². The van der Waals surface area contributed by atoms with E-state index in [1.54, 1.807) is 0 Å². The smallest absolute Gasteiger partial charge is 0.254 e. The van der Waals surface area contributed by atoms with Crippen molar-refractivity contribution < 1.29 is 4.79 Å². The van der Waals surface area contributed by atoms with Crippen LogP contribution in [0.25, 0.3) is 0 Å². The highest BCUT2D eigenvalue weighted by Crippen LogP contribution is 2.15. The molecule has 0 aliphatic carbocycles. The summed E-state index contributed by atoms with van der Waals surface area (Å²) in [4.78, 5) is 12.1. The molecule has 0 saturated carbocycles. The molecule has 1 amide bonds. The Hall–Kier alpha value is -1.65. The molecule has 2 rings (SSSR count). The lowest BCUT2D eigenvalue weighted by Crippen LogP contribution is -2.34. The Bertz CT molecular complexity index is 605. The minimum absolute atomic E-state index is 0.0343. The lowest BCUT2D eigenvalue weighted by molar-refractivity contribution is 0.0939. The van der Waals surface area contributed by atoms with Crippen LogP contribution < -0.4 is 5.32 Å². The summed E-state index contributed by atoms with van der Waals surface area (Å²) >= 11 is 11.6. The van der Waals surface area contributed by atoms with Crippen molar-refractivity contribution in [3.05, 3.63) is 57.8 Å². The van der Waals surface area contributed by atoms with Crippen molar-refractivity contribution in [3.63, 3.8) is 0 Å². The summed E-state index contributed by atoms with van der Waals surface area (Å²) in [6.07, 6.45) is 0.733. The number of carbonyl (C=O) groups excluding carboxylic acids is 1. The molecule has 6 heteroatoms. The Kier molecular flexibility index (Phi) is 4.93. The first-order valence-electron chi connectivity index (χ1n) is 6.10. The third-order valence-corrected chi connectivity index (χ3v) is 3.19. The molecule has 2 aromatic rings. The molecule has 0 saturated heterocycles. The monoisotopic (exact) mass is 309 g/mol. The van der Waals surface area contributed by atoms with Crippen LogP contribution in [0.5, 0.6) is 0 Å². The van der Waals surface area contributed by atoms with Crippen LogP contribution in [0, 0.1) is 0 Å². The molecule has 0 fully saturated rings. The van der Waals surface area contributed by atoms with Crippen molar-refractivity contribution in [2.24, 2.45) is 0 Å². The lowest BCUT2D eigenvalue weighted by Gasteiger charge is -2.14. The summed E-state index contributed by atoms with van der Waals surface area (Å²) in [6, 6.07) is 11.3. The zero-order valence-electron chi connectivity index (χ0n) is 10.8. The van der Waals surface area contributed by atoms with Crippen molar-refractivity contribution in [3.8, 4) is 0 Å². The number of carbonyl (C=O) groups is 1. The van der Waals surface area contributed by atoms with Gasteiger partial charge in [-0.3, -0.25) is 4.79 Å². The molecule has 4 nitrogen and oxygen atoms in total. The van der Waals surface area contributed by atoms with E-state index in [-0.39, 0.29) is 27.8 Å². The van der Waals surface area contributed by atoms with Crippen LogP contribution >= 0.6 is 23.2 Å². The van der Waals surface area contributed by atoms with Gasteiger partial charge in [0.15, 0.2) is 10.3 Å². The number of hydrogen-bond donors (Lipinski definition) is 1. The minimum Gasteiger partial charge on any atom is -0.349 e. The second kappa shape index (κ2) is 6.68. The lowest BCUT2D eigenvalue weighted by atomic mass is 10.1. The molecule has 0 radical (unpaired) electrons. The first-order chi connectivity index (χ1) is 9.56. The summed E-state index contributed by atoms with van der Waals surface area (Å²) < 4.78 is 0. The predicted octanol–water partition coefficient (Wildman–Crippen LogP) is 3.14. The SMILES string of the molecule is CC(Cc1ccccc1)NC(=O)c1cc(Cl)nnc1Cl. The van der Waals surface area contributed by atoms with Crippen LogP contribution in [-0.4, -0.2) is 22.1 Å². The number of nitrogens with one attached hydrogen (secondary N) is 1. The molecule has 0 aliphatic heterocycles.